The normalized spacial score (nSPS) is 14.8. The molecular formula is C48H74NO11P. The monoisotopic (exact) mass is 871 g/mol. The first-order valence-corrected chi connectivity index (χ1v) is 23.2. The standard InChI is InChI=1S/C48H74NO11P/c1-2-3-4-5-6-7-8-9-10-11-12-14-18-21-24-27-30-33-36-39-47(52)60-44(42-58-61(55,56)59-43-45(49)48(53)54)41-57-46(51)38-35-32-29-26-23-20-17-15-13-16-19-22-25-28-31-34-37-40-50/h3-4,6-7,9-10,12-14,16-17,20-22,24-26,29-30,33,44-45,50H,2,5,8,11,15,18-19,23,27-28,31-32,34-43,49H2,1H3,(H,53,54)(H,55,56)/b4-3-,7-6-,10-9-,14-12-,16-13-,20-17-,24-21-,25-22-,29-26-,33-30-/t44-,45+/m1/s1. The van der Waals surface area contributed by atoms with Crippen molar-refractivity contribution >= 4 is 25.7 Å². The second-order valence-electron chi connectivity index (χ2n) is 13.8. The number of aliphatic hydroxyl groups is 1. The van der Waals surface area contributed by atoms with E-state index in [9.17, 15) is 23.8 Å². The average Bonchev–Trinajstić information content (AvgIpc) is 3.24. The summed E-state index contributed by atoms with van der Waals surface area (Å²) in [5.74, 6) is -2.60. The van der Waals surface area contributed by atoms with E-state index in [0.29, 0.717) is 25.7 Å². The number of ether oxygens (including phenoxy) is 2. The minimum Gasteiger partial charge on any atom is -0.480 e. The van der Waals surface area contributed by atoms with E-state index >= 15 is 0 Å². The molecule has 0 aromatic carbocycles. The zero-order valence-corrected chi connectivity index (χ0v) is 37.3. The molecule has 0 heterocycles. The number of nitrogens with two attached hydrogens (primary N) is 1. The summed E-state index contributed by atoms with van der Waals surface area (Å²) < 4.78 is 32.5. The summed E-state index contributed by atoms with van der Waals surface area (Å²) in [7, 11) is -4.76. The molecular weight excluding hydrogens is 797 g/mol. The molecule has 342 valence electrons. The summed E-state index contributed by atoms with van der Waals surface area (Å²) >= 11 is 0. The molecule has 12 nitrogen and oxygen atoms in total. The number of carboxylic acids is 1. The first-order chi connectivity index (χ1) is 29.6. The van der Waals surface area contributed by atoms with E-state index < -0.39 is 57.7 Å². The van der Waals surface area contributed by atoms with Crippen molar-refractivity contribution in [3.8, 4) is 0 Å². The first-order valence-electron chi connectivity index (χ1n) is 21.7. The Kier molecular flexibility index (Phi) is 39.6. The summed E-state index contributed by atoms with van der Waals surface area (Å²) in [6.07, 6.45) is 54.4. The van der Waals surface area contributed by atoms with E-state index in [0.717, 1.165) is 77.0 Å². The fraction of sp³-hybridized carbons (Fsp3) is 0.521. The van der Waals surface area contributed by atoms with Crippen LogP contribution in [0.3, 0.4) is 0 Å². The highest BCUT2D eigenvalue weighted by Crippen LogP contribution is 2.43. The van der Waals surface area contributed by atoms with E-state index in [4.69, 9.17) is 29.9 Å². The van der Waals surface area contributed by atoms with Crippen LogP contribution in [-0.4, -0.2) is 71.6 Å². The van der Waals surface area contributed by atoms with E-state index in [-0.39, 0.29) is 19.4 Å². The molecule has 0 fully saturated rings. The Labute approximate surface area is 365 Å². The second kappa shape index (κ2) is 42.5. The van der Waals surface area contributed by atoms with Gasteiger partial charge in [-0.1, -0.05) is 135 Å². The van der Waals surface area contributed by atoms with Gasteiger partial charge in [0.15, 0.2) is 6.10 Å². The van der Waals surface area contributed by atoms with Crippen LogP contribution in [0.1, 0.15) is 122 Å². The predicted octanol–water partition coefficient (Wildman–Crippen LogP) is 10.6. The molecule has 0 radical (unpaired) electrons. The lowest BCUT2D eigenvalue weighted by atomic mass is 10.2. The second-order valence-corrected chi connectivity index (χ2v) is 15.3. The predicted molar refractivity (Wildman–Crippen MR) is 245 cm³/mol. The number of aliphatic hydroxyl groups excluding tert-OH is 1. The van der Waals surface area contributed by atoms with Crippen LogP contribution in [0, 0.1) is 0 Å². The quantitative estimate of drug-likeness (QED) is 0.0198. The molecule has 0 aliphatic heterocycles. The molecule has 61 heavy (non-hydrogen) atoms. The van der Waals surface area contributed by atoms with Gasteiger partial charge in [-0.05, 0) is 96.3 Å². The number of carboxylic acid groups (broad SMARTS) is 1. The molecule has 0 aromatic heterocycles. The molecule has 0 aliphatic rings. The van der Waals surface area contributed by atoms with Crippen molar-refractivity contribution < 1.29 is 52.6 Å². The lowest BCUT2D eigenvalue weighted by Crippen LogP contribution is -2.34. The number of phosphoric ester groups is 1. The molecule has 0 aromatic rings. The van der Waals surface area contributed by atoms with Crippen molar-refractivity contribution in [3.05, 3.63) is 122 Å². The molecule has 13 heteroatoms. The first kappa shape index (κ1) is 56.8. The lowest BCUT2D eigenvalue weighted by Gasteiger charge is -2.20. The van der Waals surface area contributed by atoms with Gasteiger partial charge in [-0.15, -0.1) is 0 Å². The van der Waals surface area contributed by atoms with Crippen molar-refractivity contribution in [2.75, 3.05) is 26.4 Å². The highest BCUT2D eigenvalue weighted by molar-refractivity contribution is 7.47. The highest BCUT2D eigenvalue weighted by atomic mass is 31.2. The molecule has 0 aliphatic carbocycles. The maximum absolute atomic E-state index is 12.6. The number of hydrogen-bond donors (Lipinski definition) is 4. The minimum absolute atomic E-state index is 0.0109. The Hall–Kier alpha value is -4.16. The minimum atomic E-state index is -4.76. The SMILES string of the molecule is CC/C=C\C/C=C\C/C=C\C/C=C\C/C=C\C/C=C\CCC(=O)O[C@H](COC(=O)CCC/C=C\C/C=C\C/C=C\C/C=C\CCCCCO)COP(=O)(O)OC[C@H](N)C(=O)O. The van der Waals surface area contributed by atoms with Gasteiger partial charge in [0.05, 0.1) is 13.2 Å². The third-order valence-corrected chi connectivity index (χ3v) is 9.21. The van der Waals surface area contributed by atoms with Gasteiger partial charge in [0.25, 0.3) is 0 Å². The highest BCUT2D eigenvalue weighted by Gasteiger charge is 2.28. The summed E-state index contributed by atoms with van der Waals surface area (Å²) in [4.78, 5) is 45.9. The Morgan fingerprint density at radius 2 is 0.967 bits per heavy atom. The van der Waals surface area contributed by atoms with Gasteiger partial charge < -0.3 is 30.3 Å². The molecule has 0 saturated heterocycles. The van der Waals surface area contributed by atoms with Crippen LogP contribution in [0.15, 0.2) is 122 Å². The number of carbonyl (C=O) groups is 3. The van der Waals surface area contributed by atoms with Crippen molar-refractivity contribution in [1.82, 2.24) is 0 Å². The Bertz CT molecular complexity index is 1490. The molecule has 0 bridgehead atoms. The number of phosphoric acid groups is 1. The Morgan fingerprint density at radius 1 is 0.541 bits per heavy atom. The number of hydrogen-bond acceptors (Lipinski definition) is 10. The fourth-order valence-electron chi connectivity index (χ4n) is 4.88. The summed E-state index contributed by atoms with van der Waals surface area (Å²) in [5, 5.41) is 17.7. The summed E-state index contributed by atoms with van der Waals surface area (Å²) in [6.45, 7) is 0.532. The number of rotatable bonds is 39. The van der Waals surface area contributed by atoms with Gasteiger partial charge in [-0.2, -0.15) is 0 Å². The van der Waals surface area contributed by atoms with Gasteiger partial charge in [0.2, 0.25) is 0 Å². The Morgan fingerprint density at radius 3 is 1.43 bits per heavy atom. The summed E-state index contributed by atoms with van der Waals surface area (Å²) in [5.41, 5.74) is 5.32. The van der Waals surface area contributed by atoms with E-state index in [1.807, 2.05) is 30.4 Å². The van der Waals surface area contributed by atoms with Crippen LogP contribution in [0.25, 0.3) is 0 Å². The average molecular weight is 872 g/mol. The lowest BCUT2D eigenvalue weighted by molar-refractivity contribution is -0.161. The van der Waals surface area contributed by atoms with Gasteiger partial charge in [-0.25, -0.2) is 4.57 Å². The molecule has 1 unspecified atom stereocenters. The zero-order chi connectivity index (χ0) is 44.9. The number of aliphatic carboxylic acids is 1. The van der Waals surface area contributed by atoms with Crippen molar-refractivity contribution in [3.63, 3.8) is 0 Å². The smallest absolute Gasteiger partial charge is 0.472 e. The largest absolute Gasteiger partial charge is 0.480 e. The fourth-order valence-corrected chi connectivity index (χ4v) is 5.66. The topological polar surface area (TPSA) is 192 Å². The molecule has 0 rings (SSSR count). The van der Waals surface area contributed by atoms with Crippen LogP contribution < -0.4 is 5.73 Å². The third-order valence-electron chi connectivity index (χ3n) is 8.26. The molecule has 3 atom stereocenters. The van der Waals surface area contributed by atoms with Crippen molar-refractivity contribution in [2.45, 2.75) is 135 Å². The van der Waals surface area contributed by atoms with Gasteiger partial charge in [0.1, 0.15) is 12.6 Å². The number of unbranched alkanes of at least 4 members (excludes halogenated alkanes) is 4. The van der Waals surface area contributed by atoms with Crippen LogP contribution in [0.4, 0.5) is 0 Å². The number of esters is 2. The maximum atomic E-state index is 12.6. The number of carbonyl (C=O) groups excluding carboxylic acids is 2. The number of allylic oxidation sites excluding steroid dienone is 20. The van der Waals surface area contributed by atoms with Gasteiger partial charge >= 0.3 is 25.7 Å². The molecule has 0 amide bonds. The van der Waals surface area contributed by atoms with Crippen molar-refractivity contribution in [2.24, 2.45) is 5.73 Å². The third kappa shape index (κ3) is 42.3. The molecule has 5 N–H and O–H groups in total. The van der Waals surface area contributed by atoms with Crippen LogP contribution >= 0.6 is 7.82 Å². The van der Waals surface area contributed by atoms with E-state index in [1.54, 1.807) is 0 Å². The van der Waals surface area contributed by atoms with Gasteiger partial charge in [-0.3, -0.25) is 23.4 Å². The molecule has 0 saturated carbocycles. The van der Waals surface area contributed by atoms with Crippen LogP contribution in [-0.2, 0) is 37.5 Å². The van der Waals surface area contributed by atoms with Crippen molar-refractivity contribution in [1.29, 1.82) is 0 Å². The Balaban J connectivity index is 4.61. The van der Waals surface area contributed by atoms with E-state index in [1.165, 1.54) is 0 Å². The van der Waals surface area contributed by atoms with Gasteiger partial charge in [0, 0.05) is 19.4 Å². The van der Waals surface area contributed by atoms with E-state index in [2.05, 4.69) is 103 Å². The maximum Gasteiger partial charge on any atom is 0.472 e. The summed E-state index contributed by atoms with van der Waals surface area (Å²) in [6, 6.07) is -1.55. The van der Waals surface area contributed by atoms with Crippen LogP contribution in [0.5, 0.6) is 0 Å². The zero-order valence-electron chi connectivity index (χ0n) is 36.4. The van der Waals surface area contributed by atoms with Crippen LogP contribution in [0.2, 0.25) is 0 Å². The molecule has 0 spiro atoms.